The second-order valence-electron chi connectivity index (χ2n) is 8.95. The maximum absolute atomic E-state index is 13.6. The van der Waals surface area contributed by atoms with Gasteiger partial charge in [-0.15, -0.1) is 0 Å². The standard InChI is InChI=1S/C27H28ClN5O2/c1-35-11-7-26-27(34)33(16-18-2-5-23-24(29)6-8-30-25(23)12-18)10-9-32(26)17-22-14-19-3-4-21(28)13-20(19)15-31-22/h2-6,8,12-15,26H,7,9-11,16-17H2,1H3,(H2,29,30)/t26-/m0/s1. The lowest BCUT2D eigenvalue weighted by atomic mass is 10.0. The van der Waals surface area contributed by atoms with Crippen LogP contribution in [0.3, 0.4) is 0 Å². The van der Waals surface area contributed by atoms with Gasteiger partial charge in [-0.05, 0) is 47.7 Å². The van der Waals surface area contributed by atoms with Crippen molar-refractivity contribution in [2.75, 3.05) is 32.5 Å². The first-order valence-corrected chi connectivity index (χ1v) is 12.1. The van der Waals surface area contributed by atoms with Gasteiger partial charge >= 0.3 is 0 Å². The molecule has 1 aliphatic rings. The zero-order valence-corrected chi connectivity index (χ0v) is 20.4. The van der Waals surface area contributed by atoms with Gasteiger partial charge in [-0.1, -0.05) is 29.8 Å². The quantitative estimate of drug-likeness (QED) is 0.417. The number of hydrogen-bond donors (Lipinski definition) is 1. The Bertz CT molecular complexity index is 1380. The molecule has 7 nitrogen and oxygen atoms in total. The Kier molecular flexibility index (Phi) is 6.81. The number of nitrogens with two attached hydrogens (primary N) is 1. The highest BCUT2D eigenvalue weighted by molar-refractivity contribution is 6.31. The van der Waals surface area contributed by atoms with Crippen LogP contribution in [0.1, 0.15) is 17.7 Å². The molecule has 2 N–H and O–H groups in total. The van der Waals surface area contributed by atoms with Crippen molar-refractivity contribution >= 4 is 44.9 Å². The van der Waals surface area contributed by atoms with E-state index in [4.69, 9.17) is 22.1 Å². The fourth-order valence-electron chi connectivity index (χ4n) is 4.75. The minimum absolute atomic E-state index is 0.113. The molecule has 1 saturated heterocycles. The summed E-state index contributed by atoms with van der Waals surface area (Å²) in [5.74, 6) is 0.113. The summed E-state index contributed by atoms with van der Waals surface area (Å²) in [6, 6.07) is 15.4. The number of benzene rings is 2. The van der Waals surface area contributed by atoms with Crippen LogP contribution in [-0.4, -0.2) is 58.5 Å². The monoisotopic (exact) mass is 489 g/mol. The summed E-state index contributed by atoms with van der Waals surface area (Å²) >= 11 is 6.11. The molecule has 0 unspecified atom stereocenters. The third kappa shape index (κ3) is 5.07. The van der Waals surface area contributed by atoms with Crippen molar-refractivity contribution in [1.82, 2.24) is 19.8 Å². The number of carbonyl (C=O) groups excluding carboxylic acids is 1. The molecule has 1 fully saturated rings. The predicted octanol–water partition coefficient (Wildman–Crippen LogP) is 4.27. The molecule has 2 aromatic carbocycles. The molecular formula is C27H28ClN5O2. The number of hydrogen-bond acceptors (Lipinski definition) is 6. The molecule has 1 amide bonds. The van der Waals surface area contributed by atoms with Crippen molar-refractivity contribution in [2.24, 2.45) is 0 Å². The summed E-state index contributed by atoms with van der Waals surface area (Å²) in [5.41, 5.74) is 9.58. The van der Waals surface area contributed by atoms with E-state index in [0.717, 1.165) is 39.5 Å². The Balaban J connectivity index is 1.33. The summed E-state index contributed by atoms with van der Waals surface area (Å²) in [6.45, 7) is 3.07. The van der Waals surface area contributed by atoms with Crippen LogP contribution in [0.2, 0.25) is 5.02 Å². The molecule has 0 bridgehead atoms. The second kappa shape index (κ2) is 10.2. The normalized spacial score (nSPS) is 16.9. The van der Waals surface area contributed by atoms with Gasteiger partial charge in [-0.25, -0.2) is 0 Å². The smallest absolute Gasteiger partial charge is 0.240 e. The molecule has 35 heavy (non-hydrogen) atoms. The maximum Gasteiger partial charge on any atom is 0.240 e. The lowest BCUT2D eigenvalue weighted by Crippen LogP contribution is -2.56. The molecule has 0 spiro atoms. The highest BCUT2D eigenvalue weighted by Crippen LogP contribution is 2.24. The molecule has 0 saturated carbocycles. The number of fused-ring (bicyclic) bond motifs is 2. The summed E-state index contributed by atoms with van der Waals surface area (Å²) < 4.78 is 5.33. The van der Waals surface area contributed by atoms with Crippen LogP contribution in [0.15, 0.2) is 60.9 Å². The Morgan fingerprint density at radius 2 is 1.94 bits per heavy atom. The van der Waals surface area contributed by atoms with Gasteiger partial charge in [-0.3, -0.25) is 19.7 Å². The van der Waals surface area contributed by atoms with E-state index in [-0.39, 0.29) is 11.9 Å². The number of pyridine rings is 2. The Morgan fingerprint density at radius 3 is 2.80 bits per heavy atom. The molecule has 4 aromatic rings. The fourth-order valence-corrected chi connectivity index (χ4v) is 4.93. The first-order chi connectivity index (χ1) is 17.0. The van der Waals surface area contributed by atoms with Crippen LogP contribution in [-0.2, 0) is 22.6 Å². The van der Waals surface area contributed by atoms with Crippen LogP contribution in [0.25, 0.3) is 21.7 Å². The average molecular weight is 490 g/mol. The van der Waals surface area contributed by atoms with Crippen LogP contribution < -0.4 is 5.73 Å². The molecule has 2 aromatic heterocycles. The van der Waals surface area contributed by atoms with E-state index < -0.39 is 0 Å². The summed E-state index contributed by atoms with van der Waals surface area (Å²) in [6.07, 6.45) is 4.19. The lowest BCUT2D eigenvalue weighted by molar-refractivity contribution is -0.143. The molecule has 1 atom stereocenters. The first-order valence-electron chi connectivity index (χ1n) is 11.7. The van der Waals surface area contributed by atoms with E-state index in [9.17, 15) is 4.79 Å². The number of nitrogen functional groups attached to an aromatic ring is 1. The van der Waals surface area contributed by atoms with Crippen LogP contribution in [0, 0.1) is 0 Å². The summed E-state index contributed by atoms with van der Waals surface area (Å²) in [4.78, 5) is 26.8. The van der Waals surface area contributed by atoms with Crippen molar-refractivity contribution in [3.63, 3.8) is 0 Å². The summed E-state index contributed by atoms with van der Waals surface area (Å²) in [7, 11) is 1.67. The Morgan fingerprint density at radius 1 is 1.06 bits per heavy atom. The molecule has 180 valence electrons. The van der Waals surface area contributed by atoms with Gasteiger partial charge < -0.3 is 15.4 Å². The third-order valence-electron chi connectivity index (χ3n) is 6.61. The molecular weight excluding hydrogens is 462 g/mol. The van der Waals surface area contributed by atoms with Crippen molar-refractivity contribution in [1.29, 1.82) is 0 Å². The first kappa shape index (κ1) is 23.5. The van der Waals surface area contributed by atoms with E-state index in [2.05, 4.69) is 20.9 Å². The van der Waals surface area contributed by atoms with Gasteiger partial charge in [0.1, 0.15) is 0 Å². The SMILES string of the molecule is COCC[C@H]1C(=O)N(Cc2ccc3c(N)ccnc3c2)CCN1Cc1cc2ccc(Cl)cc2cn1. The number of amides is 1. The second-order valence-corrected chi connectivity index (χ2v) is 9.38. The Hall–Kier alpha value is -3.26. The van der Waals surface area contributed by atoms with Gasteiger partial charge in [0.05, 0.1) is 17.3 Å². The highest BCUT2D eigenvalue weighted by Gasteiger charge is 2.34. The fraction of sp³-hybridized carbons (Fsp3) is 0.296. The van der Waals surface area contributed by atoms with Gasteiger partial charge in [0.2, 0.25) is 5.91 Å². The van der Waals surface area contributed by atoms with Crippen molar-refractivity contribution in [3.8, 4) is 0 Å². The van der Waals surface area contributed by atoms with Gasteiger partial charge in [0, 0.05) is 73.8 Å². The molecule has 3 heterocycles. The topological polar surface area (TPSA) is 84.6 Å². The largest absolute Gasteiger partial charge is 0.398 e. The van der Waals surface area contributed by atoms with E-state index in [1.165, 1.54) is 0 Å². The minimum Gasteiger partial charge on any atom is -0.398 e. The predicted molar refractivity (Wildman–Crippen MR) is 139 cm³/mol. The van der Waals surface area contributed by atoms with Gasteiger partial charge in [-0.2, -0.15) is 0 Å². The number of anilines is 1. The third-order valence-corrected chi connectivity index (χ3v) is 6.84. The maximum atomic E-state index is 13.6. The van der Waals surface area contributed by atoms with Crippen LogP contribution in [0.5, 0.6) is 0 Å². The average Bonchev–Trinajstić information content (AvgIpc) is 2.85. The number of piperazine rings is 1. The van der Waals surface area contributed by atoms with Gasteiger partial charge in [0.15, 0.2) is 0 Å². The number of carbonyl (C=O) groups is 1. The Labute approximate surface area is 209 Å². The minimum atomic E-state index is -0.263. The number of aromatic nitrogens is 2. The molecule has 0 aliphatic carbocycles. The lowest BCUT2D eigenvalue weighted by Gasteiger charge is -2.40. The zero-order chi connectivity index (χ0) is 24.4. The van der Waals surface area contributed by atoms with E-state index in [1.807, 2.05) is 47.5 Å². The van der Waals surface area contributed by atoms with E-state index in [0.29, 0.717) is 43.4 Å². The number of halogens is 1. The van der Waals surface area contributed by atoms with Crippen LogP contribution >= 0.6 is 11.6 Å². The van der Waals surface area contributed by atoms with Crippen molar-refractivity contribution < 1.29 is 9.53 Å². The number of methoxy groups -OCH3 is 1. The number of rotatable bonds is 7. The zero-order valence-electron chi connectivity index (χ0n) is 19.7. The molecule has 0 radical (unpaired) electrons. The number of ether oxygens (including phenoxy) is 1. The van der Waals surface area contributed by atoms with Crippen molar-refractivity contribution in [2.45, 2.75) is 25.6 Å². The van der Waals surface area contributed by atoms with E-state index in [1.54, 1.807) is 19.4 Å². The molecule has 5 rings (SSSR count). The van der Waals surface area contributed by atoms with E-state index >= 15 is 0 Å². The highest BCUT2D eigenvalue weighted by atomic mass is 35.5. The molecule has 8 heteroatoms. The van der Waals surface area contributed by atoms with Gasteiger partial charge in [0.25, 0.3) is 0 Å². The van der Waals surface area contributed by atoms with Crippen LogP contribution in [0.4, 0.5) is 5.69 Å². The van der Waals surface area contributed by atoms with Crippen molar-refractivity contribution in [3.05, 3.63) is 77.2 Å². The number of nitrogens with zero attached hydrogens (tertiary/aromatic N) is 4. The molecule has 1 aliphatic heterocycles. The summed E-state index contributed by atoms with van der Waals surface area (Å²) in [5, 5.41) is 3.71.